The third-order valence-corrected chi connectivity index (χ3v) is 8.20. The van der Waals surface area contributed by atoms with Gasteiger partial charge in [-0.3, -0.25) is 9.59 Å². The quantitative estimate of drug-likeness (QED) is 0.330. The minimum absolute atomic E-state index is 0.0689. The lowest BCUT2D eigenvalue weighted by Crippen LogP contribution is -2.47. The maximum atomic E-state index is 14.7. The summed E-state index contributed by atoms with van der Waals surface area (Å²) in [6.07, 6.45) is 5.13. The summed E-state index contributed by atoms with van der Waals surface area (Å²) in [5.41, 5.74) is 0.327. The van der Waals surface area contributed by atoms with E-state index in [1.807, 2.05) is 35.0 Å². The molecule has 1 aliphatic carbocycles. The first-order valence-electron chi connectivity index (χ1n) is 12.3. The van der Waals surface area contributed by atoms with E-state index in [4.69, 9.17) is 0 Å². The van der Waals surface area contributed by atoms with Crippen molar-refractivity contribution in [3.63, 3.8) is 0 Å². The Morgan fingerprint density at radius 1 is 1.05 bits per heavy atom. The number of rotatable bonds is 9. The fourth-order valence-corrected chi connectivity index (χ4v) is 6.04. The first kappa shape index (κ1) is 25.2. The van der Waals surface area contributed by atoms with Crippen molar-refractivity contribution in [1.29, 1.82) is 0 Å². The average Bonchev–Trinajstić information content (AvgIpc) is 3.69. The Morgan fingerprint density at radius 3 is 2.57 bits per heavy atom. The van der Waals surface area contributed by atoms with E-state index >= 15 is 0 Å². The number of hydrogen-bond acceptors (Lipinski definition) is 7. The van der Waals surface area contributed by atoms with E-state index in [-0.39, 0.29) is 25.0 Å². The molecule has 1 N–H and O–H groups in total. The summed E-state index contributed by atoms with van der Waals surface area (Å²) in [4.78, 5) is 31.7. The molecule has 0 bridgehead atoms. The zero-order chi connectivity index (χ0) is 25.6. The zero-order valence-electron chi connectivity index (χ0n) is 20.1. The van der Waals surface area contributed by atoms with E-state index < -0.39 is 17.8 Å². The topological polar surface area (TPSA) is 93.0 Å². The molecule has 1 aliphatic rings. The molecule has 11 heteroatoms. The van der Waals surface area contributed by atoms with Gasteiger partial charge in [-0.05, 0) is 47.0 Å². The maximum Gasteiger partial charge on any atom is 0.248 e. The van der Waals surface area contributed by atoms with Crippen LogP contribution in [0.15, 0.2) is 59.3 Å². The van der Waals surface area contributed by atoms with Crippen molar-refractivity contribution in [3.05, 3.63) is 75.5 Å². The number of nitrogens with zero attached hydrogens (tertiary/aromatic N) is 5. The van der Waals surface area contributed by atoms with Gasteiger partial charge >= 0.3 is 0 Å². The molecule has 192 valence electrons. The molecule has 5 rings (SSSR count). The van der Waals surface area contributed by atoms with Gasteiger partial charge in [-0.2, -0.15) is 4.80 Å². The third-order valence-electron chi connectivity index (χ3n) is 6.41. The van der Waals surface area contributed by atoms with Gasteiger partial charge in [-0.1, -0.05) is 49.6 Å². The molecular weight excluding hydrogens is 511 g/mol. The average molecular weight is 539 g/mol. The summed E-state index contributed by atoms with van der Waals surface area (Å²) in [6.45, 7) is -0.302. The Balaban J connectivity index is 1.44. The third kappa shape index (κ3) is 6.11. The standard InChI is InChI=1S/C26H27FN6O2S2/c27-20-11-5-4-8-18(20)16-32(23(34)17-33-30-25(29-31-33)22-13-7-15-37-22)24(21-12-6-14-36-21)26(35)28-19-9-2-1-3-10-19/h4-8,11-15,19,24H,1-3,9-10,16-17H2,(H,28,35). The van der Waals surface area contributed by atoms with Crippen LogP contribution in [0.1, 0.15) is 48.6 Å². The van der Waals surface area contributed by atoms with E-state index in [2.05, 4.69) is 20.7 Å². The smallest absolute Gasteiger partial charge is 0.248 e. The van der Waals surface area contributed by atoms with Gasteiger partial charge in [-0.15, -0.1) is 32.9 Å². The van der Waals surface area contributed by atoms with Crippen LogP contribution in [0.25, 0.3) is 10.7 Å². The number of benzene rings is 1. The molecule has 1 fully saturated rings. The summed E-state index contributed by atoms with van der Waals surface area (Å²) in [6, 6.07) is 12.9. The fourth-order valence-electron chi connectivity index (χ4n) is 4.56. The van der Waals surface area contributed by atoms with Crippen LogP contribution < -0.4 is 5.32 Å². The minimum Gasteiger partial charge on any atom is -0.351 e. The maximum absolute atomic E-state index is 14.7. The van der Waals surface area contributed by atoms with Crippen LogP contribution in [-0.4, -0.2) is 43.0 Å². The Hall–Kier alpha value is -3.44. The van der Waals surface area contributed by atoms with Gasteiger partial charge < -0.3 is 10.2 Å². The molecule has 1 saturated carbocycles. The number of tetrazole rings is 1. The first-order valence-corrected chi connectivity index (χ1v) is 14.0. The first-order chi connectivity index (χ1) is 18.1. The van der Waals surface area contributed by atoms with Crippen LogP contribution in [0.3, 0.4) is 0 Å². The van der Waals surface area contributed by atoms with Crippen LogP contribution in [0.2, 0.25) is 0 Å². The van der Waals surface area contributed by atoms with Crippen molar-refractivity contribution in [2.24, 2.45) is 0 Å². The molecule has 37 heavy (non-hydrogen) atoms. The van der Waals surface area contributed by atoms with Crippen molar-refractivity contribution >= 4 is 34.5 Å². The van der Waals surface area contributed by atoms with Gasteiger partial charge in [0.2, 0.25) is 17.6 Å². The van der Waals surface area contributed by atoms with Gasteiger partial charge in [0.25, 0.3) is 0 Å². The molecule has 1 atom stereocenters. The minimum atomic E-state index is -0.908. The second kappa shape index (κ2) is 11.7. The van der Waals surface area contributed by atoms with Crippen LogP contribution in [-0.2, 0) is 22.7 Å². The molecule has 2 amide bonds. The Morgan fingerprint density at radius 2 is 1.84 bits per heavy atom. The largest absolute Gasteiger partial charge is 0.351 e. The van der Waals surface area contributed by atoms with Gasteiger partial charge in [0.1, 0.15) is 18.4 Å². The molecule has 0 saturated heterocycles. The number of thiophene rings is 2. The molecule has 0 aliphatic heterocycles. The summed E-state index contributed by atoms with van der Waals surface area (Å²) >= 11 is 2.87. The van der Waals surface area contributed by atoms with Gasteiger partial charge in [0.05, 0.1) is 4.88 Å². The van der Waals surface area contributed by atoms with Crippen molar-refractivity contribution in [2.45, 2.75) is 57.3 Å². The second-order valence-corrected chi connectivity index (χ2v) is 10.9. The van der Waals surface area contributed by atoms with Crippen molar-refractivity contribution < 1.29 is 14.0 Å². The lowest BCUT2D eigenvalue weighted by atomic mass is 9.95. The monoisotopic (exact) mass is 538 g/mol. The van der Waals surface area contributed by atoms with E-state index in [0.717, 1.165) is 37.0 Å². The van der Waals surface area contributed by atoms with Crippen molar-refractivity contribution in [1.82, 2.24) is 30.4 Å². The highest BCUT2D eigenvalue weighted by Gasteiger charge is 2.34. The molecule has 3 aromatic heterocycles. The SMILES string of the molecule is O=C(NC1CCCCC1)C(c1cccs1)N(Cc1ccccc1F)C(=O)Cn1nnc(-c2cccs2)n1. The highest BCUT2D eigenvalue weighted by atomic mass is 32.1. The van der Waals surface area contributed by atoms with Gasteiger partial charge in [-0.25, -0.2) is 4.39 Å². The van der Waals surface area contributed by atoms with Crippen LogP contribution >= 0.6 is 22.7 Å². The lowest BCUT2D eigenvalue weighted by Gasteiger charge is -2.32. The molecular formula is C26H27FN6O2S2. The number of nitrogens with one attached hydrogen (secondary N) is 1. The number of hydrogen-bond donors (Lipinski definition) is 1. The molecule has 3 heterocycles. The molecule has 1 aromatic carbocycles. The summed E-state index contributed by atoms with van der Waals surface area (Å²) in [7, 11) is 0. The van der Waals surface area contributed by atoms with Gasteiger partial charge in [0, 0.05) is 23.0 Å². The van der Waals surface area contributed by atoms with E-state index in [9.17, 15) is 14.0 Å². The Kier molecular flexibility index (Phi) is 8.00. The highest BCUT2D eigenvalue weighted by molar-refractivity contribution is 7.13. The van der Waals surface area contributed by atoms with Crippen LogP contribution in [0.5, 0.6) is 0 Å². The van der Waals surface area contributed by atoms with Gasteiger partial charge in [0.15, 0.2) is 0 Å². The zero-order valence-corrected chi connectivity index (χ0v) is 21.8. The molecule has 1 unspecified atom stereocenters. The number of amides is 2. The predicted molar refractivity (Wildman–Crippen MR) is 140 cm³/mol. The lowest BCUT2D eigenvalue weighted by molar-refractivity contribution is -0.142. The Labute approximate surface area is 222 Å². The number of halogens is 1. The predicted octanol–water partition coefficient (Wildman–Crippen LogP) is 4.82. The van der Waals surface area contributed by atoms with E-state index in [1.165, 1.54) is 38.4 Å². The molecule has 8 nitrogen and oxygen atoms in total. The van der Waals surface area contributed by atoms with Crippen molar-refractivity contribution in [2.75, 3.05) is 0 Å². The Bertz CT molecular complexity index is 1320. The normalized spacial score (nSPS) is 14.8. The number of carbonyl (C=O) groups excluding carboxylic acids is 2. The molecule has 0 spiro atoms. The molecule has 4 aromatic rings. The second-order valence-electron chi connectivity index (χ2n) is 9.00. The highest BCUT2D eigenvalue weighted by Crippen LogP contribution is 2.29. The van der Waals surface area contributed by atoms with E-state index in [0.29, 0.717) is 16.3 Å². The number of aromatic nitrogens is 4. The summed E-state index contributed by atoms with van der Waals surface area (Å²) < 4.78 is 14.7. The van der Waals surface area contributed by atoms with Crippen LogP contribution in [0.4, 0.5) is 4.39 Å². The summed E-state index contributed by atoms with van der Waals surface area (Å²) in [5, 5.41) is 19.4. The van der Waals surface area contributed by atoms with Crippen LogP contribution in [0, 0.1) is 5.82 Å². The fraction of sp³-hybridized carbons (Fsp3) is 0.346. The van der Waals surface area contributed by atoms with E-state index in [1.54, 1.807) is 18.2 Å². The summed E-state index contributed by atoms with van der Waals surface area (Å²) in [5.74, 6) is -0.675. The number of carbonyl (C=O) groups is 2. The molecule has 0 radical (unpaired) electrons. The van der Waals surface area contributed by atoms with Crippen molar-refractivity contribution in [3.8, 4) is 10.7 Å².